The highest BCUT2D eigenvalue weighted by atomic mass is 32.2. The highest BCUT2D eigenvalue weighted by Crippen LogP contribution is 2.19. The molecule has 0 saturated heterocycles. The molecular weight excluding hydrogens is 278 g/mol. The summed E-state index contributed by atoms with van der Waals surface area (Å²) in [6.07, 6.45) is 2.28. The first-order valence-corrected chi connectivity index (χ1v) is 7.56. The number of carboxylic acid groups (broad SMARTS) is 1. The minimum Gasteiger partial charge on any atom is -0.496 e. The van der Waals surface area contributed by atoms with E-state index in [1.807, 2.05) is 19.2 Å². The number of nitrogens with one attached hydrogen (secondary N) is 1. The van der Waals surface area contributed by atoms with Crippen molar-refractivity contribution in [2.75, 3.05) is 19.1 Å². The molecule has 0 heterocycles. The standard InChI is InChI=1S/C14H19NO4S/c1-9-4-5-12(19-2)10(8-9)13(16)15-11(14(17)18)6-7-20-3/h4-5,8,11H,6-7H2,1-3H3,(H,15,16)(H,17,18). The van der Waals surface area contributed by atoms with Crippen LogP contribution in [0.5, 0.6) is 5.75 Å². The van der Waals surface area contributed by atoms with E-state index < -0.39 is 17.9 Å². The van der Waals surface area contributed by atoms with Gasteiger partial charge in [0.15, 0.2) is 0 Å². The van der Waals surface area contributed by atoms with Crippen molar-refractivity contribution < 1.29 is 19.4 Å². The van der Waals surface area contributed by atoms with Crippen molar-refractivity contribution >= 4 is 23.6 Å². The quantitative estimate of drug-likeness (QED) is 0.804. The van der Waals surface area contributed by atoms with Gasteiger partial charge in [-0.1, -0.05) is 11.6 Å². The Bertz CT molecular complexity index is 490. The molecule has 1 atom stereocenters. The van der Waals surface area contributed by atoms with Crippen LogP contribution >= 0.6 is 11.8 Å². The molecule has 0 fully saturated rings. The monoisotopic (exact) mass is 297 g/mol. The normalized spacial score (nSPS) is 11.8. The average Bonchev–Trinajstić information content (AvgIpc) is 2.42. The maximum Gasteiger partial charge on any atom is 0.326 e. The molecule has 1 aromatic carbocycles. The van der Waals surface area contributed by atoms with Crippen LogP contribution in [0.2, 0.25) is 0 Å². The van der Waals surface area contributed by atoms with Gasteiger partial charge in [0.05, 0.1) is 12.7 Å². The number of rotatable bonds is 7. The van der Waals surface area contributed by atoms with Gasteiger partial charge in [-0.25, -0.2) is 4.79 Å². The number of methoxy groups -OCH3 is 1. The first kappa shape index (κ1) is 16.4. The smallest absolute Gasteiger partial charge is 0.326 e. The zero-order valence-electron chi connectivity index (χ0n) is 11.8. The Morgan fingerprint density at radius 3 is 2.70 bits per heavy atom. The number of carbonyl (C=O) groups excluding carboxylic acids is 1. The summed E-state index contributed by atoms with van der Waals surface area (Å²) in [7, 11) is 1.48. The molecule has 0 aliphatic heterocycles. The van der Waals surface area contributed by atoms with E-state index in [-0.39, 0.29) is 0 Å². The van der Waals surface area contributed by atoms with Gasteiger partial charge < -0.3 is 15.2 Å². The number of hydrogen-bond acceptors (Lipinski definition) is 4. The second kappa shape index (κ2) is 7.79. The summed E-state index contributed by atoms with van der Waals surface area (Å²) in [6, 6.07) is 4.32. The largest absolute Gasteiger partial charge is 0.496 e. The fourth-order valence-corrected chi connectivity index (χ4v) is 2.20. The first-order valence-electron chi connectivity index (χ1n) is 6.16. The van der Waals surface area contributed by atoms with E-state index in [0.717, 1.165) is 5.56 Å². The molecule has 1 rings (SSSR count). The summed E-state index contributed by atoms with van der Waals surface area (Å²) in [6.45, 7) is 1.86. The summed E-state index contributed by atoms with van der Waals surface area (Å²) in [4.78, 5) is 23.3. The van der Waals surface area contributed by atoms with E-state index in [4.69, 9.17) is 9.84 Å². The summed E-state index contributed by atoms with van der Waals surface area (Å²) in [5.74, 6) is -0.359. The Labute approximate surface area is 122 Å². The fourth-order valence-electron chi connectivity index (χ4n) is 1.73. The predicted octanol–water partition coefficient (Wildman–Crippen LogP) is 1.94. The lowest BCUT2D eigenvalue weighted by atomic mass is 10.1. The Hall–Kier alpha value is -1.69. The molecule has 0 aromatic heterocycles. The molecule has 0 aliphatic carbocycles. The van der Waals surface area contributed by atoms with Gasteiger partial charge in [-0.2, -0.15) is 11.8 Å². The van der Waals surface area contributed by atoms with Crippen LogP contribution in [0.3, 0.4) is 0 Å². The van der Waals surface area contributed by atoms with Crippen LogP contribution in [0.4, 0.5) is 0 Å². The molecule has 0 radical (unpaired) electrons. The molecule has 2 N–H and O–H groups in total. The number of aryl methyl sites for hydroxylation is 1. The Morgan fingerprint density at radius 2 is 2.15 bits per heavy atom. The number of thioether (sulfide) groups is 1. The SMILES string of the molecule is COc1ccc(C)cc1C(=O)NC(CCSC)C(=O)O. The molecule has 0 spiro atoms. The van der Waals surface area contributed by atoms with Gasteiger partial charge in [-0.3, -0.25) is 4.79 Å². The van der Waals surface area contributed by atoms with E-state index >= 15 is 0 Å². The van der Waals surface area contributed by atoms with Crippen LogP contribution in [0.15, 0.2) is 18.2 Å². The molecule has 0 bridgehead atoms. The van der Waals surface area contributed by atoms with Crippen molar-refractivity contribution in [3.05, 3.63) is 29.3 Å². The van der Waals surface area contributed by atoms with Gasteiger partial charge in [0.25, 0.3) is 5.91 Å². The summed E-state index contributed by atoms with van der Waals surface area (Å²) in [5, 5.41) is 11.7. The van der Waals surface area contributed by atoms with E-state index in [2.05, 4.69) is 5.32 Å². The van der Waals surface area contributed by atoms with Crippen LogP contribution in [-0.2, 0) is 4.79 Å². The van der Waals surface area contributed by atoms with Crippen molar-refractivity contribution in [3.8, 4) is 5.75 Å². The predicted molar refractivity (Wildman–Crippen MR) is 79.6 cm³/mol. The van der Waals surface area contributed by atoms with Gasteiger partial charge in [-0.15, -0.1) is 0 Å². The number of amides is 1. The third kappa shape index (κ3) is 4.45. The van der Waals surface area contributed by atoms with Crippen LogP contribution in [0.25, 0.3) is 0 Å². The van der Waals surface area contributed by atoms with Crippen LogP contribution in [0, 0.1) is 6.92 Å². The third-order valence-corrected chi connectivity index (χ3v) is 3.46. The highest BCUT2D eigenvalue weighted by Gasteiger charge is 2.22. The second-order valence-electron chi connectivity index (χ2n) is 4.35. The van der Waals surface area contributed by atoms with Crippen LogP contribution < -0.4 is 10.1 Å². The van der Waals surface area contributed by atoms with E-state index in [0.29, 0.717) is 23.5 Å². The van der Waals surface area contributed by atoms with Gasteiger partial charge in [0.2, 0.25) is 0 Å². The Kier molecular flexibility index (Phi) is 6.38. The van der Waals surface area contributed by atoms with Crippen molar-refractivity contribution in [1.82, 2.24) is 5.32 Å². The van der Waals surface area contributed by atoms with E-state index in [1.165, 1.54) is 7.11 Å². The van der Waals surface area contributed by atoms with Gasteiger partial charge >= 0.3 is 5.97 Å². The minimum atomic E-state index is -1.03. The first-order chi connectivity index (χ1) is 9.49. The number of hydrogen-bond donors (Lipinski definition) is 2. The summed E-state index contributed by atoms with van der Waals surface area (Å²) < 4.78 is 5.13. The number of aliphatic carboxylic acids is 1. The number of ether oxygens (including phenoxy) is 1. The molecule has 6 heteroatoms. The molecule has 0 aliphatic rings. The fraction of sp³-hybridized carbons (Fsp3) is 0.429. The average molecular weight is 297 g/mol. The minimum absolute atomic E-state index is 0.350. The maximum absolute atomic E-state index is 12.2. The van der Waals surface area contributed by atoms with Crippen LogP contribution in [-0.4, -0.2) is 42.1 Å². The molecular formula is C14H19NO4S. The lowest BCUT2D eigenvalue weighted by Crippen LogP contribution is -2.41. The summed E-state index contributed by atoms with van der Waals surface area (Å²) >= 11 is 1.54. The van der Waals surface area contributed by atoms with Gasteiger partial charge in [-0.05, 0) is 37.5 Å². The van der Waals surface area contributed by atoms with Crippen molar-refractivity contribution in [1.29, 1.82) is 0 Å². The second-order valence-corrected chi connectivity index (χ2v) is 5.34. The maximum atomic E-state index is 12.2. The Morgan fingerprint density at radius 1 is 1.45 bits per heavy atom. The molecule has 1 aromatic rings. The van der Waals surface area contributed by atoms with Crippen molar-refractivity contribution in [2.24, 2.45) is 0 Å². The van der Waals surface area contributed by atoms with Gasteiger partial charge in [0.1, 0.15) is 11.8 Å². The molecule has 1 unspecified atom stereocenters. The number of carboxylic acids is 1. The van der Waals surface area contributed by atoms with E-state index in [9.17, 15) is 9.59 Å². The van der Waals surface area contributed by atoms with Crippen molar-refractivity contribution in [3.63, 3.8) is 0 Å². The Balaban J connectivity index is 2.88. The van der Waals surface area contributed by atoms with Crippen LogP contribution in [0.1, 0.15) is 22.3 Å². The zero-order valence-corrected chi connectivity index (χ0v) is 12.6. The topological polar surface area (TPSA) is 75.6 Å². The molecule has 110 valence electrons. The molecule has 20 heavy (non-hydrogen) atoms. The lowest BCUT2D eigenvalue weighted by molar-refractivity contribution is -0.139. The van der Waals surface area contributed by atoms with E-state index in [1.54, 1.807) is 23.9 Å². The van der Waals surface area contributed by atoms with Crippen molar-refractivity contribution in [2.45, 2.75) is 19.4 Å². The summed E-state index contributed by atoms with van der Waals surface area (Å²) in [5.41, 5.74) is 1.26. The lowest BCUT2D eigenvalue weighted by Gasteiger charge is -2.15. The molecule has 5 nitrogen and oxygen atoms in total. The third-order valence-electron chi connectivity index (χ3n) is 2.81. The number of benzene rings is 1. The molecule has 0 saturated carbocycles. The molecule has 1 amide bonds. The van der Waals surface area contributed by atoms with Gasteiger partial charge in [0, 0.05) is 0 Å². The zero-order chi connectivity index (χ0) is 15.1. The number of carbonyl (C=O) groups is 2. The highest BCUT2D eigenvalue weighted by molar-refractivity contribution is 7.98.